The molecule has 9 heteroatoms. The summed E-state index contributed by atoms with van der Waals surface area (Å²) in [6.45, 7) is 3.82. The van der Waals surface area contributed by atoms with Crippen LogP contribution in [0.4, 0.5) is 0 Å². The first-order valence-corrected chi connectivity index (χ1v) is 9.58. The zero-order valence-corrected chi connectivity index (χ0v) is 16.8. The fraction of sp³-hybridized carbons (Fsp3) is 0.381. The van der Waals surface area contributed by atoms with Crippen LogP contribution in [0.1, 0.15) is 41.0 Å². The topological polar surface area (TPSA) is 127 Å². The van der Waals surface area contributed by atoms with Crippen LogP contribution in [0.15, 0.2) is 29.1 Å². The second-order valence-corrected chi connectivity index (χ2v) is 7.23. The fourth-order valence-corrected chi connectivity index (χ4v) is 3.32. The van der Waals surface area contributed by atoms with E-state index in [0.29, 0.717) is 30.0 Å². The third kappa shape index (κ3) is 4.62. The van der Waals surface area contributed by atoms with Gasteiger partial charge in [-0.2, -0.15) is 0 Å². The molecule has 1 aromatic carbocycles. The van der Waals surface area contributed by atoms with Gasteiger partial charge < -0.3 is 29.6 Å². The van der Waals surface area contributed by atoms with Crippen molar-refractivity contribution in [2.45, 2.75) is 39.5 Å². The Morgan fingerprint density at radius 2 is 1.97 bits per heavy atom. The highest BCUT2D eigenvalue weighted by Gasteiger charge is 2.27. The molecule has 1 aliphatic heterocycles. The zero-order valence-electron chi connectivity index (χ0n) is 16.8. The predicted molar refractivity (Wildman–Crippen MR) is 107 cm³/mol. The molecule has 0 unspecified atom stereocenters. The van der Waals surface area contributed by atoms with Crippen LogP contribution in [0.3, 0.4) is 0 Å². The van der Waals surface area contributed by atoms with Gasteiger partial charge in [-0.1, -0.05) is 12.1 Å². The number of fused-ring (bicyclic) bond motifs is 1. The number of amides is 1. The largest absolute Gasteiger partial charge is 0.507 e. The molecule has 1 amide bonds. The smallest absolute Gasteiger partial charge is 0.322 e. The van der Waals surface area contributed by atoms with E-state index in [9.17, 15) is 19.5 Å². The molecule has 0 aliphatic carbocycles. The number of ether oxygens (including phenoxy) is 2. The van der Waals surface area contributed by atoms with Crippen molar-refractivity contribution in [3.8, 4) is 11.5 Å². The lowest BCUT2D eigenvalue weighted by Crippen LogP contribution is -2.38. The Kier molecular flexibility index (Phi) is 6.41. The average molecular weight is 416 g/mol. The number of carbonyl (C=O) groups excluding carboxylic acids is 1. The summed E-state index contributed by atoms with van der Waals surface area (Å²) < 4.78 is 12.5. The lowest BCUT2D eigenvalue weighted by atomic mass is 10.0. The number of carboxylic acids is 1. The number of aromatic hydroxyl groups is 1. The second kappa shape index (κ2) is 9.00. The molecule has 9 nitrogen and oxygen atoms in total. The van der Waals surface area contributed by atoms with E-state index in [0.717, 1.165) is 5.56 Å². The maximum atomic E-state index is 13.1. The number of nitrogens with one attached hydrogen (secondary N) is 1. The van der Waals surface area contributed by atoms with E-state index < -0.39 is 35.3 Å². The van der Waals surface area contributed by atoms with Gasteiger partial charge in [-0.3, -0.25) is 14.4 Å². The number of aromatic nitrogens is 1. The molecular formula is C21H24N2O7. The van der Waals surface area contributed by atoms with E-state index in [1.165, 1.54) is 4.57 Å². The third-order valence-electron chi connectivity index (χ3n) is 4.65. The lowest BCUT2D eigenvalue weighted by Gasteiger charge is -2.24. The maximum absolute atomic E-state index is 13.1. The molecule has 1 aromatic heterocycles. The number of benzene rings is 1. The Hall–Kier alpha value is -3.33. The summed E-state index contributed by atoms with van der Waals surface area (Å²) in [5, 5.41) is 21.5. The van der Waals surface area contributed by atoms with Crippen molar-refractivity contribution in [2.75, 3.05) is 13.2 Å². The summed E-state index contributed by atoms with van der Waals surface area (Å²) in [5.41, 5.74) is 0.587. The second-order valence-electron chi connectivity index (χ2n) is 7.23. The fourth-order valence-electron chi connectivity index (χ4n) is 3.32. The number of carbonyl (C=O) groups is 2. The van der Waals surface area contributed by atoms with Crippen LogP contribution in [0, 0.1) is 0 Å². The van der Waals surface area contributed by atoms with Crippen molar-refractivity contribution in [1.82, 2.24) is 9.88 Å². The Balaban J connectivity index is 2.00. The molecule has 0 spiro atoms. The van der Waals surface area contributed by atoms with E-state index in [4.69, 9.17) is 14.6 Å². The summed E-state index contributed by atoms with van der Waals surface area (Å²) in [6.07, 6.45) is 0.369. The van der Waals surface area contributed by atoms with Gasteiger partial charge in [0.15, 0.2) is 0 Å². The minimum absolute atomic E-state index is 0.0339. The Labute approximate surface area is 172 Å². The number of carboxylic acid groups (broad SMARTS) is 1. The van der Waals surface area contributed by atoms with Gasteiger partial charge >= 0.3 is 5.97 Å². The van der Waals surface area contributed by atoms with Crippen LogP contribution in [-0.4, -0.2) is 45.9 Å². The van der Waals surface area contributed by atoms with E-state index in [1.807, 2.05) is 26.0 Å². The predicted octanol–water partition coefficient (Wildman–Crippen LogP) is 1.28. The molecule has 0 fully saturated rings. The van der Waals surface area contributed by atoms with Crippen molar-refractivity contribution in [2.24, 2.45) is 0 Å². The first kappa shape index (κ1) is 21.4. The summed E-state index contributed by atoms with van der Waals surface area (Å²) in [4.78, 5) is 36.3. The van der Waals surface area contributed by atoms with E-state index in [-0.39, 0.29) is 19.3 Å². The van der Waals surface area contributed by atoms with Crippen LogP contribution >= 0.6 is 0 Å². The summed E-state index contributed by atoms with van der Waals surface area (Å²) in [6, 6.07) is 7.23. The molecule has 0 bridgehead atoms. The lowest BCUT2D eigenvalue weighted by molar-refractivity contribution is -0.135. The molecule has 0 radical (unpaired) electrons. The summed E-state index contributed by atoms with van der Waals surface area (Å²) in [5.74, 6) is -1.90. The third-order valence-corrected chi connectivity index (χ3v) is 4.65. The first-order valence-electron chi connectivity index (χ1n) is 9.58. The van der Waals surface area contributed by atoms with Crippen LogP contribution < -0.4 is 15.6 Å². The van der Waals surface area contributed by atoms with E-state index >= 15 is 0 Å². The number of nitrogens with zero attached hydrogens (tertiary/aromatic N) is 1. The minimum atomic E-state index is -1.25. The van der Waals surface area contributed by atoms with E-state index in [1.54, 1.807) is 12.1 Å². The van der Waals surface area contributed by atoms with Gasteiger partial charge in [-0.05, 0) is 31.5 Å². The Morgan fingerprint density at radius 3 is 2.60 bits per heavy atom. The van der Waals surface area contributed by atoms with Crippen LogP contribution in [0.25, 0.3) is 0 Å². The molecular weight excluding hydrogens is 392 g/mol. The Morgan fingerprint density at radius 1 is 1.27 bits per heavy atom. The summed E-state index contributed by atoms with van der Waals surface area (Å²) in [7, 11) is 0. The molecule has 2 heterocycles. The normalized spacial score (nSPS) is 13.0. The number of hydrogen-bond donors (Lipinski definition) is 3. The van der Waals surface area contributed by atoms with Crippen LogP contribution in [0.5, 0.6) is 11.5 Å². The molecule has 160 valence electrons. The minimum Gasteiger partial charge on any atom is -0.507 e. The van der Waals surface area contributed by atoms with Gasteiger partial charge in [-0.25, -0.2) is 0 Å². The van der Waals surface area contributed by atoms with E-state index in [2.05, 4.69) is 5.32 Å². The molecule has 3 N–H and O–H groups in total. The number of hydrogen-bond acceptors (Lipinski definition) is 6. The highest BCUT2D eigenvalue weighted by Crippen LogP contribution is 2.28. The van der Waals surface area contributed by atoms with Crippen molar-refractivity contribution < 1.29 is 29.3 Å². The standard InChI is InChI=1S/C21H24N2O7/c1-12(2)30-14-5-3-13(4-6-14)10-23-16-11-29-8-7-15(16)19(26)18(21(23)28)20(27)22-9-17(24)25/h3-6,12,26H,7-11H2,1-2H3,(H,22,27)(H,24,25). The van der Waals surface area contributed by atoms with Gasteiger partial charge in [0.2, 0.25) is 0 Å². The maximum Gasteiger partial charge on any atom is 0.322 e. The van der Waals surface area contributed by atoms with Crippen molar-refractivity contribution in [3.05, 3.63) is 57.0 Å². The number of rotatable bonds is 7. The molecule has 0 atom stereocenters. The zero-order chi connectivity index (χ0) is 21.8. The van der Waals surface area contributed by atoms with Crippen LogP contribution in [-0.2, 0) is 29.1 Å². The summed E-state index contributed by atoms with van der Waals surface area (Å²) >= 11 is 0. The average Bonchev–Trinajstić information content (AvgIpc) is 2.70. The number of aliphatic carboxylic acids is 1. The van der Waals surface area contributed by atoms with Crippen molar-refractivity contribution >= 4 is 11.9 Å². The van der Waals surface area contributed by atoms with Gasteiger partial charge in [-0.15, -0.1) is 0 Å². The highest BCUT2D eigenvalue weighted by atomic mass is 16.5. The van der Waals surface area contributed by atoms with Crippen LogP contribution in [0.2, 0.25) is 0 Å². The van der Waals surface area contributed by atoms with Gasteiger partial charge in [0.25, 0.3) is 11.5 Å². The van der Waals surface area contributed by atoms with Gasteiger partial charge in [0.1, 0.15) is 23.6 Å². The Bertz CT molecular complexity index is 1010. The molecule has 3 rings (SSSR count). The first-order chi connectivity index (χ1) is 14.3. The number of pyridine rings is 1. The molecule has 2 aromatic rings. The molecule has 30 heavy (non-hydrogen) atoms. The SMILES string of the molecule is CC(C)Oc1ccc(Cn2c3c(c(O)c(C(=O)NCC(=O)O)c2=O)CCOC3)cc1. The molecule has 0 saturated carbocycles. The monoisotopic (exact) mass is 416 g/mol. The molecule has 0 saturated heterocycles. The van der Waals surface area contributed by atoms with Gasteiger partial charge in [0, 0.05) is 12.0 Å². The molecule has 1 aliphatic rings. The van der Waals surface area contributed by atoms with Crippen molar-refractivity contribution in [3.63, 3.8) is 0 Å². The van der Waals surface area contributed by atoms with Gasteiger partial charge in [0.05, 0.1) is 31.6 Å². The highest BCUT2D eigenvalue weighted by molar-refractivity contribution is 5.98. The van der Waals surface area contributed by atoms with Crippen molar-refractivity contribution in [1.29, 1.82) is 0 Å². The quantitative estimate of drug-likeness (QED) is 0.620.